The predicted octanol–water partition coefficient (Wildman–Crippen LogP) is 4.06. The smallest absolute Gasteiger partial charge is 0.256 e. The normalized spacial score (nSPS) is 14.8. The summed E-state index contributed by atoms with van der Waals surface area (Å²) in [5.41, 5.74) is 2.75. The van der Waals surface area contributed by atoms with Crippen molar-refractivity contribution in [3.63, 3.8) is 0 Å². The number of rotatable bonds is 7. The van der Waals surface area contributed by atoms with Crippen molar-refractivity contribution >= 4 is 22.7 Å². The van der Waals surface area contributed by atoms with Gasteiger partial charge in [-0.25, -0.2) is 0 Å². The third kappa shape index (κ3) is 4.26. The molecule has 0 aliphatic heterocycles. The maximum absolute atomic E-state index is 13.5. The van der Waals surface area contributed by atoms with E-state index in [9.17, 15) is 9.59 Å². The Kier molecular flexibility index (Phi) is 6.83. The fourth-order valence-corrected chi connectivity index (χ4v) is 4.54. The molecule has 0 bridgehead atoms. The minimum absolute atomic E-state index is 0.0721. The summed E-state index contributed by atoms with van der Waals surface area (Å²) in [6, 6.07) is 6.39. The Bertz CT molecular complexity index is 881. The number of benzene rings is 1. The minimum Gasteiger partial charge on any atom is -0.497 e. The first-order valence-electron chi connectivity index (χ1n) is 10.8. The van der Waals surface area contributed by atoms with Crippen molar-refractivity contribution in [3.05, 3.63) is 29.5 Å². The molecule has 29 heavy (non-hydrogen) atoms. The first-order chi connectivity index (χ1) is 14.0. The molecule has 6 nitrogen and oxygen atoms in total. The Morgan fingerprint density at radius 2 is 1.93 bits per heavy atom. The lowest BCUT2D eigenvalue weighted by Gasteiger charge is -2.26. The summed E-state index contributed by atoms with van der Waals surface area (Å²) in [4.78, 5) is 27.3. The summed E-state index contributed by atoms with van der Waals surface area (Å²) < 4.78 is 7.79. The summed E-state index contributed by atoms with van der Waals surface area (Å²) in [5, 5.41) is 3.69. The fourth-order valence-electron chi connectivity index (χ4n) is 4.54. The molecule has 3 rings (SSSR count). The van der Waals surface area contributed by atoms with Crippen LogP contribution in [0.1, 0.15) is 68.0 Å². The van der Waals surface area contributed by atoms with Crippen LogP contribution in [-0.2, 0) is 4.79 Å². The summed E-state index contributed by atoms with van der Waals surface area (Å²) in [5.74, 6) is 0.511. The first kappa shape index (κ1) is 21.2. The van der Waals surface area contributed by atoms with E-state index in [4.69, 9.17) is 4.74 Å². The van der Waals surface area contributed by atoms with E-state index in [-0.39, 0.29) is 18.4 Å². The molecule has 0 unspecified atom stereocenters. The molecule has 0 spiro atoms. The number of nitrogens with one attached hydrogen (secondary N) is 1. The Labute approximate surface area is 173 Å². The molecule has 1 fully saturated rings. The highest BCUT2D eigenvalue weighted by Crippen LogP contribution is 2.37. The van der Waals surface area contributed by atoms with Crippen LogP contribution in [0.5, 0.6) is 5.75 Å². The number of methoxy groups -OCH3 is 1. The van der Waals surface area contributed by atoms with E-state index in [0.29, 0.717) is 24.7 Å². The minimum atomic E-state index is -0.131. The van der Waals surface area contributed by atoms with Gasteiger partial charge in [0.1, 0.15) is 5.75 Å². The van der Waals surface area contributed by atoms with Gasteiger partial charge in [0.25, 0.3) is 5.91 Å². The van der Waals surface area contributed by atoms with E-state index in [2.05, 4.69) is 16.0 Å². The van der Waals surface area contributed by atoms with Gasteiger partial charge in [-0.05, 0) is 51.8 Å². The van der Waals surface area contributed by atoms with E-state index in [0.717, 1.165) is 35.2 Å². The maximum atomic E-state index is 13.5. The molecule has 6 heteroatoms. The van der Waals surface area contributed by atoms with Crippen molar-refractivity contribution in [2.75, 3.05) is 26.7 Å². The lowest BCUT2D eigenvalue weighted by Crippen LogP contribution is -2.40. The van der Waals surface area contributed by atoms with Crippen LogP contribution in [0.25, 0.3) is 10.9 Å². The molecule has 1 N–H and O–H groups in total. The van der Waals surface area contributed by atoms with Crippen molar-refractivity contribution in [2.24, 2.45) is 0 Å². The summed E-state index contributed by atoms with van der Waals surface area (Å²) in [7, 11) is 1.64. The van der Waals surface area contributed by atoms with Gasteiger partial charge in [-0.15, -0.1) is 0 Å². The lowest BCUT2D eigenvalue weighted by atomic mass is 9.95. The Morgan fingerprint density at radius 3 is 2.55 bits per heavy atom. The molecule has 0 saturated heterocycles. The van der Waals surface area contributed by atoms with Crippen LogP contribution in [0, 0.1) is 6.92 Å². The number of nitrogens with zero attached hydrogens (tertiary/aromatic N) is 2. The zero-order valence-electron chi connectivity index (χ0n) is 18.1. The Hall–Kier alpha value is -2.50. The van der Waals surface area contributed by atoms with Crippen LogP contribution >= 0.6 is 0 Å². The first-order valence-corrected chi connectivity index (χ1v) is 10.8. The maximum Gasteiger partial charge on any atom is 0.256 e. The second-order valence-electron chi connectivity index (χ2n) is 7.78. The van der Waals surface area contributed by atoms with Gasteiger partial charge in [0, 0.05) is 35.7 Å². The molecule has 2 aromatic rings. The fraction of sp³-hybridized carbons (Fsp3) is 0.565. The summed E-state index contributed by atoms with van der Waals surface area (Å²) in [6.45, 7) is 6.94. The molecule has 1 aromatic carbocycles. The van der Waals surface area contributed by atoms with Crippen molar-refractivity contribution in [1.82, 2.24) is 14.8 Å². The van der Waals surface area contributed by atoms with Gasteiger partial charge in [-0.3, -0.25) is 9.59 Å². The van der Waals surface area contributed by atoms with Gasteiger partial charge >= 0.3 is 0 Å². The molecule has 1 aromatic heterocycles. The highest BCUT2D eigenvalue weighted by Gasteiger charge is 2.28. The van der Waals surface area contributed by atoms with E-state index in [1.54, 1.807) is 12.0 Å². The van der Waals surface area contributed by atoms with E-state index in [1.165, 1.54) is 19.3 Å². The zero-order chi connectivity index (χ0) is 21.0. The van der Waals surface area contributed by atoms with Gasteiger partial charge in [0.05, 0.1) is 19.2 Å². The number of ether oxygens (including phenoxy) is 1. The van der Waals surface area contributed by atoms with Crippen molar-refractivity contribution in [3.8, 4) is 5.75 Å². The number of amides is 2. The Morgan fingerprint density at radius 1 is 1.21 bits per heavy atom. The van der Waals surface area contributed by atoms with Crippen molar-refractivity contribution in [2.45, 2.75) is 58.9 Å². The second-order valence-corrected chi connectivity index (χ2v) is 7.78. The molecule has 1 saturated carbocycles. The van der Waals surface area contributed by atoms with Gasteiger partial charge < -0.3 is 19.5 Å². The molecule has 1 heterocycles. The third-order valence-corrected chi connectivity index (χ3v) is 5.99. The lowest BCUT2D eigenvalue weighted by molar-refractivity contribution is -0.121. The molecule has 1 aliphatic rings. The van der Waals surface area contributed by atoms with Crippen LogP contribution < -0.4 is 10.1 Å². The quantitative estimate of drug-likeness (QED) is 0.764. The van der Waals surface area contributed by atoms with E-state index in [1.807, 2.05) is 32.9 Å². The summed E-state index contributed by atoms with van der Waals surface area (Å²) in [6.07, 6.45) is 6.01. The van der Waals surface area contributed by atoms with Crippen LogP contribution in [0.4, 0.5) is 0 Å². The number of hydrogen-bond donors (Lipinski definition) is 1. The highest BCUT2D eigenvalue weighted by atomic mass is 16.5. The van der Waals surface area contributed by atoms with Gasteiger partial charge in [-0.2, -0.15) is 0 Å². The number of carbonyl (C=O) groups excluding carboxylic acids is 2. The van der Waals surface area contributed by atoms with Gasteiger partial charge in [-0.1, -0.05) is 19.3 Å². The highest BCUT2D eigenvalue weighted by molar-refractivity contribution is 6.09. The molecule has 1 aliphatic carbocycles. The second kappa shape index (κ2) is 9.33. The van der Waals surface area contributed by atoms with E-state index >= 15 is 0 Å². The summed E-state index contributed by atoms with van der Waals surface area (Å²) >= 11 is 0. The number of likely N-dealkylation sites (N-methyl/N-ethyl adjacent to an activating group) is 2. The molecule has 158 valence electrons. The van der Waals surface area contributed by atoms with Crippen LogP contribution in [0.3, 0.4) is 0 Å². The SMILES string of the molecule is CCNC(=O)CN(CC)C(=O)c1c(C)n(C2CCCCC2)c2ccc(OC)cc12. The van der Waals surface area contributed by atoms with Crippen LogP contribution in [-0.4, -0.2) is 48.0 Å². The number of fused-ring (bicyclic) bond motifs is 1. The number of carbonyl (C=O) groups is 2. The van der Waals surface area contributed by atoms with Gasteiger partial charge in [0.2, 0.25) is 5.91 Å². The monoisotopic (exact) mass is 399 g/mol. The van der Waals surface area contributed by atoms with Crippen LogP contribution in [0.2, 0.25) is 0 Å². The Balaban J connectivity index is 2.08. The standard InChI is InChI=1S/C23H33N3O3/c1-5-24-21(27)15-25(6-2)23(28)22-16(3)26(17-10-8-7-9-11-17)20-13-12-18(29-4)14-19(20)22/h12-14,17H,5-11,15H2,1-4H3,(H,24,27). The van der Waals surface area contributed by atoms with Crippen molar-refractivity contribution < 1.29 is 14.3 Å². The predicted molar refractivity (Wildman–Crippen MR) is 116 cm³/mol. The van der Waals surface area contributed by atoms with Gasteiger partial charge in [0.15, 0.2) is 0 Å². The molecular formula is C23H33N3O3. The molecule has 2 amide bonds. The largest absolute Gasteiger partial charge is 0.497 e. The molecule has 0 atom stereocenters. The average molecular weight is 400 g/mol. The molecular weight excluding hydrogens is 366 g/mol. The number of hydrogen-bond acceptors (Lipinski definition) is 3. The van der Waals surface area contributed by atoms with Crippen molar-refractivity contribution in [1.29, 1.82) is 0 Å². The number of aromatic nitrogens is 1. The molecule has 0 radical (unpaired) electrons. The zero-order valence-corrected chi connectivity index (χ0v) is 18.1. The van der Waals surface area contributed by atoms with Crippen LogP contribution in [0.15, 0.2) is 18.2 Å². The van der Waals surface area contributed by atoms with E-state index < -0.39 is 0 Å². The average Bonchev–Trinajstić information content (AvgIpc) is 3.03. The third-order valence-electron chi connectivity index (χ3n) is 5.99. The topological polar surface area (TPSA) is 63.6 Å².